The van der Waals surface area contributed by atoms with Gasteiger partial charge in [0, 0.05) is 0 Å². The van der Waals surface area contributed by atoms with Crippen LogP contribution in [0.25, 0.3) is 0 Å². The zero-order chi connectivity index (χ0) is 13.3. The molecular formula is C9H15N5O4. The highest BCUT2D eigenvalue weighted by Crippen LogP contribution is 2.29. The van der Waals surface area contributed by atoms with Crippen molar-refractivity contribution in [3.63, 3.8) is 0 Å². The van der Waals surface area contributed by atoms with Gasteiger partial charge < -0.3 is 35.7 Å². The summed E-state index contributed by atoms with van der Waals surface area (Å²) in [5.74, 6) is 0.0571. The van der Waals surface area contributed by atoms with Gasteiger partial charge >= 0.3 is 0 Å². The quantitative estimate of drug-likeness (QED) is 0.266. The summed E-state index contributed by atoms with van der Waals surface area (Å²) in [7, 11) is 0. The van der Waals surface area contributed by atoms with Crippen LogP contribution in [-0.2, 0) is 4.74 Å². The van der Waals surface area contributed by atoms with Crippen molar-refractivity contribution in [2.75, 3.05) is 11.9 Å². The number of nitrogens with zero attached hydrogens (tertiary/aromatic N) is 2. The number of hydrogen-bond donors (Lipinski definition) is 6. The first kappa shape index (κ1) is 12.8. The summed E-state index contributed by atoms with van der Waals surface area (Å²) in [6.07, 6.45) is -1.16. The number of imidazole rings is 1. The molecule has 0 unspecified atom stereocenters. The molecule has 0 bridgehead atoms. The summed E-state index contributed by atoms with van der Waals surface area (Å²) in [6.45, 7) is -0.387. The highest BCUT2D eigenvalue weighted by molar-refractivity contribution is 5.88. The van der Waals surface area contributed by atoms with Gasteiger partial charge in [0.25, 0.3) is 0 Å². The van der Waals surface area contributed by atoms with E-state index in [4.69, 9.17) is 21.0 Å². The highest BCUT2D eigenvalue weighted by atomic mass is 16.6. The average Bonchev–Trinajstić information content (AvgIpc) is 2.86. The summed E-state index contributed by atoms with van der Waals surface area (Å²) >= 11 is 0. The number of hydrogen-bond acceptors (Lipinski definition) is 6. The largest absolute Gasteiger partial charge is 0.394 e. The van der Waals surface area contributed by atoms with Gasteiger partial charge in [-0.25, -0.2) is 4.98 Å². The predicted octanol–water partition coefficient (Wildman–Crippen LogP) is -2.20. The van der Waals surface area contributed by atoms with Crippen LogP contribution in [0.4, 0.5) is 5.82 Å². The minimum Gasteiger partial charge on any atom is -0.394 e. The number of guanidine groups is 1. The normalized spacial score (nSPS) is 31.5. The van der Waals surface area contributed by atoms with Gasteiger partial charge in [0.15, 0.2) is 18.0 Å². The second-order valence-electron chi connectivity index (χ2n) is 3.97. The number of nitrogens with two attached hydrogens (primary N) is 1. The second kappa shape index (κ2) is 4.90. The van der Waals surface area contributed by atoms with E-state index < -0.39 is 24.5 Å². The van der Waals surface area contributed by atoms with Crippen LogP contribution in [-0.4, -0.2) is 55.7 Å². The number of aromatic nitrogens is 2. The van der Waals surface area contributed by atoms with Crippen molar-refractivity contribution in [1.82, 2.24) is 9.55 Å². The molecule has 9 nitrogen and oxygen atoms in total. The van der Waals surface area contributed by atoms with Gasteiger partial charge in [-0.15, -0.1) is 0 Å². The topological polar surface area (TPSA) is 150 Å². The highest BCUT2D eigenvalue weighted by Gasteiger charge is 2.43. The molecule has 0 aromatic carbocycles. The summed E-state index contributed by atoms with van der Waals surface area (Å²) in [5.41, 5.74) is 5.15. The van der Waals surface area contributed by atoms with Gasteiger partial charge in [-0.05, 0) is 0 Å². The van der Waals surface area contributed by atoms with Crippen molar-refractivity contribution in [2.24, 2.45) is 5.73 Å². The van der Waals surface area contributed by atoms with Crippen LogP contribution < -0.4 is 11.1 Å². The lowest BCUT2D eigenvalue weighted by Gasteiger charge is -2.15. The molecule has 100 valence electrons. The van der Waals surface area contributed by atoms with Gasteiger partial charge in [0.2, 0.25) is 0 Å². The van der Waals surface area contributed by atoms with Crippen molar-refractivity contribution in [3.05, 3.63) is 12.5 Å². The van der Waals surface area contributed by atoms with E-state index in [2.05, 4.69) is 10.3 Å². The fourth-order valence-electron chi connectivity index (χ4n) is 1.80. The molecule has 2 rings (SSSR count). The Bertz CT molecular complexity index is 436. The van der Waals surface area contributed by atoms with Crippen molar-refractivity contribution in [3.8, 4) is 0 Å². The summed E-state index contributed by atoms with van der Waals surface area (Å²) in [5, 5.41) is 37.9. The van der Waals surface area contributed by atoms with Crippen LogP contribution in [0.15, 0.2) is 12.5 Å². The fraction of sp³-hybridized carbons (Fsp3) is 0.556. The number of anilines is 1. The molecular weight excluding hydrogens is 242 g/mol. The third kappa shape index (κ3) is 2.29. The summed E-state index contributed by atoms with van der Waals surface area (Å²) in [4.78, 5) is 3.91. The molecule has 1 aromatic rings. The molecule has 18 heavy (non-hydrogen) atoms. The van der Waals surface area contributed by atoms with Gasteiger partial charge in [-0.2, -0.15) is 0 Å². The van der Waals surface area contributed by atoms with E-state index in [1.165, 1.54) is 17.1 Å². The molecule has 9 heteroatoms. The maximum atomic E-state index is 9.78. The van der Waals surface area contributed by atoms with Crippen molar-refractivity contribution in [1.29, 1.82) is 5.41 Å². The van der Waals surface area contributed by atoms with E-state index in [-0.39, 0.29) is 12.6 Å². The standard InChI is InChI=1S/C9H15N5O4/c10-9(11)13-5-1-14(3-12-5)8-7(17)6(16)4(2-15)18-8/h1,3-4,6-8,15-17H,2H2,(H4,10,11,13)/t4-,6-,7-,8-/m1/s1. The first-order valence-corrected chi connectivity index (χ1v) is 5.30. The Morgan fingerprint density at radius 1 is 1.56 bits per heavy atom. The van der Waals surface area contributed by atoms with E-state index in [0.29, 0.717) is 5.82 Å². The molecule has 0 spiro atoms. The first-order valence-electron chi connectivity index (χ1n) is 5.30. The Morgan fingerprint density at radius 3 is 2.83 bits per heavy atom. The minimum absolute atomic E-state index is 0.263. The third-order valence-electron chi connectivity index (χ3n) is 2.68. The molecule has 0 saturated carbocycles. The lowest BCUT2D eigenvalue weighted by Crippen LogP contribution is -2.33. The maximum absolute atomic E-state index is 9.78. The summed E-state index contributed by atoms with van der Waals surface area (Å²) in [6, 6.07) is 0. The Balaban J connectivity index is 2.12. The van der Waals surface area contributed by atoms with Crippen LogP contribution in [0, 0.1) is 5.41 Å². The zero-order valence-electron chi connectivity index (χ0n) is 9.39. The SMILES string of the molecule is N=C(N)Nc1cn([C@@H]2O[C@H](CO)[C@@H](O)[C@H]2O)cn1. The number of aliphatic hydroxyl groups is 3. The molecule has 7 N–H and O–H groups in total. The van der Waals surface area contributed by atoms with E-state index in [0.717, 1.165) is 0 Å². The van der Waals surface area contributed by atoms with Gasteiger partial charge in [0.05, 0.1) is 19.1 Å². The van der Waals surface area contributed by atoms with E-state index in [1.807, 2.05) is 0 Å². The number of aliphatic hydroxyl groups excluding tert-OH is 3. The monoisotopic (exact) mass is 257 g/mol. The molecule has 0 amide bonds. The third-order valence-corrected chi connectivity index (χ3v) is 2.68. The van der Waals surface area contributed by atoms with Crippen LogP contribution >= 0.6 is 0 Å². The Morgan fingerprint density at radius 2 is 2.28 bits per heavy atom. The van der Waals surface area contributed by atoms with Gasteiger partial charge in [-0.1, -0.05) is 0 Å². The van der Waals surface area contributed by atoms with Crippen molar-refractivity contribution in [2.45, 2.75) is 24.5 Å². The van der Waals surface area contributed by atoms with Crippen LogP contribution in [0.5, 0.6) is 0 Å². The van der Waals surface area contributed by atoms with Gasteiger partial charge in [0.1, 0.15) is 18.3 Å². The Kier molecular flexibility index (Phi) is 3.48. The minimum atomic E-state index is -1.17. The molecule has 1 aromatic heterocycles. The number of ether oxygens (including phenoxy) is 1. The average molecular weight is 257 g/mol. The maximum Gasteiger partial charge on any atom is 0.191 e. The van der Waals surface area contributed by atoms with Crippen LogP contribution in [0.3, 0.4) is 0 Å². The van der Waals surface area contributed by atoms with E-state index in [9.17, 15) is 10.2 Å². The van der Waals surface area contributed by atoms with Crippen LogP contribution in [0.1, 0.15) is 6.23 Å². The zero-order valence-corrected chi connectivity index (χ0v) is 9.39. The van der Waals surface area contributed by atoms with E-state index >= 15 is 0 Å². The predicted molar refractivity (Wildman–Crippen MR) is 60.8 cm³/mol. The van der Waals surface area contributed by atoms with E-state index in [1.54, 1.807) is 0 Å². The first-order chi connectivity index (χ1) is 8.52. The molecule has 1 fully saturated rings. The molecule has 1 aliphatic rings. The summed E-state index contributed by atoms with van der Waals surface area (Å²) < 4.78 is 6.73. The number of rotatable bonds is 3. The smallest absolute Gasteiger partial charge is 0.191 e. The second-order valence-corrected chi connectivity index (χ2v) is 3.97. The van der Waals surface area contributed by atoms with Crippen molar-refractivity contribution < 1.29 is 20.1 Å². The molecule has 1 saturated heterocycles. The molecule has 2 heterocycles. The number of nitrogens with one attached hydrogen (secondary N) is 2. The van der Waals surface area contributed by atoms with Crippen LogP contribution in [0.2, 0.25) is 0 Å². The molecule has 0 radical (unpaired) electrons. The molecule has 1 aliphatic heterocycles. The fourth-order valence-corrected chi connectivity index (χ4v) is 1.80. The van der Waals surface area contributed by atoms with Crippen molar-refractivity contribution >= 4 is 11.8 Å². The lowest BCUT2D eigenvalue weighted by molar-refractivity contribution is -0.0527. The lowest BCUT2D eigenvalue weighted by atomic mass is 10.1. The van der Waals surface area contributed by atoms with Gasteiger partial charge in [-0.3, -0.25) is 5.41 Å². The molecule has 0 aliphatic carbocycles. The molecule has 4 atom stereocenters. The Labute approximate surface area is 102 Å². The Hall–Kier alpha value is -1.68.